The van der Waals surface area contributed by atoms with E-state index in [1.54, 1.807) is 0 Å². The molecule has 35 heavy (non-hydrogen) atoms. The molecule has 0 aromatic heterocycles. The first kappa shape index (κ1) is 30.7. The summed E-state index contributed by atoms with van der Waals surface area (Å²) < 4.78 is 156. The fourth-order valence-electron chi connectivity index (χ4n) is 3.77. The highest BCUT2D eigenvalue weighted by atomic mass is 19.4. The third-order valence-electron chi connectivity index (χ3n) is 5.54. The third-order valence-corrected chi connectivity index (χ3v) is 5.54. The number of alkyl halides is 12. The highest BCUT2D eigenvalue weighted by molar-refractivity contribution is 5.66. The van der Waals surface area contributed by atoms with Gasteiger partial charge in [0.2, 0.25) is 0 Å². The molecule has 0 spiro atoms. The lowest BCUT2D eigenvalue weighted by Crippen LogP contribution is -2.59. The first-order valence-corrected chi connectivity index (χ1v) is 9.68. The summed E-state index contributed by atoms with van der Waals surface area (Å²) in [6.45, 7) is -3.47. The van der Waals surface area contributed by atoms with Gasteiger partial charge in [0.15, 0.2) is 0 Å². The molecule has 2 N–H and O–H groups in total. The van der Waals surface area contributed by atoms with Crippen LogP contribution >= 0.6 is 0 Å². The molecule has 1 rings (SSSR count). The van der Waals surface area contributed by atoms with Crippen LogP contribution < -0.4 is 0 Å². The number of carboxylic acid groups (broad SMARTS) is 2. The van der Waals surface area contributed by atoms with E-state index in [0.29, 0.717) is 0 Å². The standard InChI is InChI=1S/C17H20F12N2O4/c1-7-2-3-8(30(12(32)33)5-14(20,21)10(18)16(24,25)26)4-9(7)31(13(34)35)6-15(22,23)11(19)17(27,28)29/h7-11H,2-6H2,1H3,(H,32,33)(H,34,35). The molecular formula is C17H20F12N2O4. The molecule has 0 heterocycles. The maximum Gasteiger partial charge on any atom is 0.425 e. The zero-order valence-electron chi connectivity index (χ0n) is 17.6. The second-order valence-electron chi connectivity index (χ2n) is 8.16. The molecule has 0 bridgehead atoms. The van der Waals surface area contributed by atoms with Gasteiger partial charge in [-0.1, -0.05) is 6.92 Å². The Morgan fingerprint density at radius 1 is 0.771 bits per heavy atom. The van der Waals surface area contributed by atoms with Gasteiger partial charge in [0.1, 0.15) is 0 Å². The Hall–Kier alpha value is -2.30. The molecule has 0 aromatic carbocycles. The van der Waals surface area contributed by atoms with Crippen molar-refractivity contribution in [3.05, 3.63) is 0 Å². The average Bonchev–Trinajstić information content (AvgIpc) is 2.68. The number of halogens is 12. The van der Waals surface area contributed by atoms with Crippen LogP contribution in [0.15, 0.2) is 0 Å². The van der Waals surface area contributed by atoms with Crippen molar-refractivity contribution < 1.29 is 72.5 Å². The van der Waals surface area contributed by atoms with E-state index < -0.39 is 92.7 Å². The summed E-state index contributed by atoms with van der Waals surface area (Å²) in [4.78, 5) is 22.3. The van der Waals surface area contributed by atoms with Gasteiger partial charge < -0.3 is 10.2 Å². The van der Waals surface area contributed by atoms with Crippen LogP contribution in [0.5, 0.6) is 0 Å². The molecule has 206 valence electrons. The molecule has 1 saturated carbocycles. The minimum absolute atomic E-state index is 0.295. The largest absolute Gasteiger partial charge is 0.465 e. The number of hydrogen-bond acceptors (Lipinski definition) is 2. The minimum Gasteiger partial charge on any atom is -0.465 e. The van der Waals surface area contributed by atoms with Gasteiger partial charge >= 0.3 is 36.4 Å². The van der Waals surface area contributed by atoms with Crippen LogP contribution in [0.4, 0.5) is 62.3 Å². The molecule has 1 fully saturated rings. The third kappa shape index (κ3) is 7.59. The van der Waals surface area contributed by atoms with Gasteiger partial charge in [-0.25, -0.2) is 35.9 Å². The summed E-state index contributed by atoms with van der Waals surface area (Å²) >= 11 is 0. The molecular weight excluding hydrogens is 524 g/mol. The van der Waals surface area contributed by atoms with E-state index in [4.69, 9.17) is 0 Å². The zero-order chi connectivity index (χ0) is 27.7. The van der Waals surface area contributed by atoms with Crippen LogP contribution in [-0.4, -0.2) is 93.9 Å². The Morgan fingerprint density at radius 2 is 1.14 bits per heavy atom. The van der Waals surface area contributed by atoms with Crippen molar-refractivity contribution in [1.82, 2.24) is 9.80 Å². The van der Waals surface area contributed by atoms with Crippen LogP contribution in [0.25, 0.3) is 0 Å². The summed E-state index contributed by atoms with van der Waals surface area (Å²) in [5.41, 5.74) is 0. The molecule has 5 unspecified atom stereocenters. The number of carbonyl (C=O) groups is 2. The second kappa shape index (κ2) is 10.4. The van der Waals surface area contributed by atoms with E-state index in [-0.39, 0.29) is 16.2 Å². The first-order valence-electron chi connectivity index (χ1n) is 9.68. The van der Waals surface area contributed by atoms with Gasteiger partial charge in [-0.15, -0.1) is 0 Å². The van der Waals surface area contributed by atoms with Crippen LogP contribution in [-0.2, 0) is 0 Å². The molecule has 18 heteroatoms. The molecule has 0 aromatic rings. The van der Waals surface area contributed by atoms with Crippen molar-refractivity contribution in [3.63, 3.8) is 0 Å². The Labute approximate surface area is 189 Å². The molecule has 0 radical (unpaired) electrons. The van der Waals surface area contributed by atoms with Gasteiger partial charge in [-0.2, -0.15) is 26.3 Å². The predicted molar refractivity (Wildman–Crippen MR) is 91.8 cm³/mol. The molecule has 6 nitrogen and oxygen atoms in total. The molecule has 1 aliphatic rings. The predicted octanol–water partition coefficient (Wildman–Crippen LogP) is 5.58. The van der Waals surface area contributed by atoms with Crippen LogP contribution in [0, 0.1) is 5.92 Å². The Balaban J connectivity index is 3.22. The molecule has 5 atom stereocenters. The second-order valence-corrected chi connectivity index (χ2v) is 8.16. The van der Waals surface area contributed by atoms with Crippen molar-refractivity contribution >= 4 is 12.2 Å². The molecule has 0 aliphatic heterocycles. The molecule has 1 aliphatic carbocycles. The van der Waals surface area contributed by atoms with Gasteiger partial charge in [0, 0.05) is 12.1 Å². The summed E-state index contributed by atoms with van der Waals surface area (Å²) in [5, 5.41) is 18.4. The normalized spacial score (nSPS) is 24.0. The summed E-state index contributed by atoms with van der Waals surface area (Å²) in [6.07, 6.45) is -27.8. The summed E-state index contributed by atoms with van der Waals surface area (Å²) in [7, 11) is 0. The smallest absolute Gasteiger partial charge is 0.425 e. The van der Waals surface area contributed by atoms with Gasteiger partial charge in [-0.05, 0) is 25.2 Å². The zero-order valence-corrected chi connectivity index (χ0v) is 17.6. The van der Waals surface area contributed by atoms with Crippen molar-refractivity contribution in [2.75, 3.05) is 13.1 Å². The maximum atomic E-state index is 13.9. The van der Waals surface area contributed by atoms with Gasteiger partial charge in [0.05, 0.1) is 13.1 Å². The summed E-state index contributed by atoms with van der Waals surface area (Å²) in [6, 6.07) is -3.52. The fraction of sp³-hybridized carbons (Fsp3) is 0.882. The first-order chi connectivity index (χ1) is 15.5. The number of hydrogen-bond donors (Lipinski definition) is 2. The topological polar surface area (TPSA) is 81.1 Å². The van der Waals surface area contributed by atoms with Gasteiger partial charge in [0.25, 0.3) is 12.3 Å². The summed E-state index contributed by atoms with van der Waals surface area (Å²) in [5.74, 6) is -11.6. The Kier molecular flexibility index (Phi) is 9.10. The van der Waals surface area contributed by atoms with Crippen molar-refractivity contribution in [2.24, 2.45) is 5.92 Å². The van der Waals surface area contributed by atoms with E-state index in [1.807, 2.05) is 0 Å². The Bertz CT molecular complexity index is 760. The maximum absolute atomic E-state index is 13.9. The lowest BCUT2D eigenvalue weighted by Gasteiger charge is -2.44. The van der Waals surface area contributed by atoms with Crippen molar-refractivity contribution in [3.8, 4) is 0 Å². The number of amides is 2. The molecule has 0 saturated heterocycles. The van der Waals surface area contributed by atoms with Crippen LogP contribution in [0.2, 0.25) is 0 Å². The van der Waals surface area contributed by atoms with Crippen molar-refractivity contribution in [2.45, 2.75) is 74.8 Å². The monoisotopic (exact) mass is 544 g/mol. The van der Waals surface area contributed by atoms with E-state index in [9.17, 15) is 72.5 Å². The van der Waals surface area contributed by atoms with Crippen LogP contribution in [0.1, 0.15) is 26.2 Å². The van der Waals surface area contributed by atoms with Crippen molar-refractivity contribution in [1.29, 1.82) is 0 Å². The minimum atomic E-state index is -6.07. The van der Waals surface area contributed by atoms with E-state index in [2.05, 4.69) is 0 Å². The van der Waals surface area contributed by atoms with E-state index >= 15 is 0 Å². The lowest BCUT2D eigenvalue weighted by atomic mass is 9.81. The molecule has 2 amide bonds. The van der Waals surface area contributed by atoms with E-state index in [0.717, 1.165) is 0 Å². The number of rotatable bonds is 8. The van der Waals surface area contributed by atoms with Crippen LogP contribution in [0.3, 0.4) is 0 Å². The highest BCUT2D eigenvalue weighted by Crippen LogP contribution is 2.40. The van der Waals surface area contributed by atoms with E-state index in [1.165, 1.54) is 6.92 Å². The average molecular weight is 544 g/mol. The lowest BCUT2D eigenvalue weighted by molar-refractivity contribution is -0.248. The number of nitrogens with zero attached hydrogens (tertiary/aromatic N) is 2. The highest BCUT2D eigenvalue weighted by Gasteiger charge is 2.60. The quantitative estimate of drug-likeness (QED) is 0.392. The SMILES string of the molecule is CC1CCC(N(CC(F)(F)C(F)C(F)(F)F)C(=O)O)CC1N(CC(F)(F)C(F)C(F)(F)F)C(=O)O. The Morgan fingerprint density at radius 3 is 1.49 bits per heavy atom. The van der Waals surface area contributed by atoms with Gasteiger partial charge in [-0.3, -0.25) is 9.80 Å². The fourth-order valence-corrected chi connectivity index (χ4v) is 3.77.